The van der Waals surface area contributed by atoms with E-state index in [1.54, 1.807) is 31.5 Å². The molecule has 0 saturated heterocycles. The minimum atomic E-state index is -0.922. The summed E-state index contributed by atoms with van der Waals surface area (Å²) in [6, 6.07) is 6.17. The van der Waals surface area contributed by atoms with E-state index in [4.69, 9.17) is 5.73 Å². The summed E-state index contributed by atoms with van der Waals surface area (Å²) in [6.45, 7) is 3.59. The molecule has 0 bridgehead atoms. The molecule has 1 atom stereocenters. The number of pyridine rings is 1. The van der Waals surface area contributed by atoms with E-state index in [9.17, 15) is 9.18 Å². The van der Waals surface area contributed by atoms with Crippen LogP contribution in [0.25, 0.3) is 0 Å². The van der Waals surface area contributed by atoms with Crippen molar-refractivity contribution >= 4 is 17.4 Å². The van der Waals surface area contributed by atoms with Gasteiger partial charge in [0, 0.05) is 41.8 Å². The fourth-order valence-electron chi connectivity index (χ4n) is 3.43. The Labute approximate surface area is 167 Å². The van der Waals surface area contributed by atoms with Crippen molar-refractivity contribution in [3.63, 3.8) is 0 Å². The van der Waals surface area contributed by atoms with Crippen molar-refractivity contribution < 1.29 is 9.18 Å². The number of amides is 1. The third-order valence-electron chi connectivity index (χ3n) is 4.90. The lowest BCUT2D eigenvalue weighted by Gasteiger charge is -2.32. The molecule has 146 valence electrons. The maximum absolute atomic E-state index is 14.7. The van der Waals surface area contributed by atoms with Gasteiger partial charge in [0.25, 0.3) is 5.91 Å². The molecule has 1 amide bonds. The normalized spacial score (nSPS) is 18.0. The van der Waals surface area contributed by atoms with E-state index in [0.717, 1.165) is 11.1 Å². The minimum absolute atomic E-state index is 0.174. The molecule has 7 nitrogen and oxygen atoms in total. The molecule has 8 heteroatoms. The first kappa shape index (κ1) is 18.7. The van der Waals surface area contributed by atoms with Crippen LogP contribution in [0.5, 0.6) is 0 Å². The lowest BCUT2D eigenvalue weighted by atomic mass is 9.82. The van der Waals surface area contributed by atoms with Crippen LogP contribution >= 0.6 is 0 Å². The van der Waals surface area contributed by atoms with Gasteiger partial charge in [0.1, 0.15) is 17.3 Å². The number of carbonyl (C=O) groups excluding carboxylic acids is 1. The molecular weight excluding hydrogens is 371 g/mol. The third kappa shape index (κ3) is 3.56. The number of nitrogens with one attached hydrogen (secondary N) is 1. The lowest BCUT2D eigenvalue weighted by molar-refractivity contribution is 0.102. The number of carbonyl (C=O) groups is 1. The Kier molecular flexibility index (Phi) is 4.54. The zero-order valence-electron chi connectivity index (χ0n) is 16.0. The Hall–Kier alpha value is -3.68. The number of aliphatic imine (C=N–C) groups is 1. The summed E-state index contributed by atoms with van der Waals surface area (Å²) in [7, 11) is 0. The van der Waals surface area contributed by atoms with Crippen molar-refractivity contribution in [3.05, 3.63) is 82.9 Å². The first-order valence-electron chi connectivity index (χ1n) is 9.04. The number of nitrogens with zero attached hydrogens (tertiary/aromatic N) is 4. The van der Waals surface area contributed by atoms with Gasteiger partial charge in [0.05, 0.1) is 17.4 Å². The van der Waals surface area contributed by atoms with Gasteiger partial charge in [-0.3, -0.25) is 19.8 Å². The summed E-state index contributed by atoms with van der Waals surface area (Å²) in [6.07, 6.45) is 6.71. The van der Waals surface area contributed by atoms with Gasteiger partial charge in [0.15, 0.2) is 0 Å². The Balaban J connectivity index is 1.66. The Morgan fingerprint density at radius 1 is 1.21 bits per heavy atom. The summed E-state index contributed by atoms with van der Waals surface area (Å²) in [5, 5.41) is 2.73. The number of aromatic nitrogens is 3. The summed E-state index contributed by atoms with van der Waals surface area (Å²) in [4.78, 5) is 29.3. The standard InChI is InChI=1S/C21H19FN6O/c1-12-9-26-18(11-25-12)20(29)27-14-3-4-17(22)16(7-14)21(2)8-13-10-24-6-5-15(13)19(23)28-21/h3-7,9-11H,8H2,1-2H3,(H2,23,28)(H,27,29). The molecular formula is C21H19FN6O. The zero-order valence-corrected chi connectivity index (χ0v) is 16.0. The maximum atomic E-state index is 14.7. The lowest BCUT2D eigenvalue weighted by Crippen LogP contribution is -2.34. The first-order valence-corrected chi connectivity index (χ1v) is 9.04. The van der Waals surface area contributed by atoms with E-state index < -0.39 is 17.3 Å². The average Bonchev–Trinajstić information content (AvgIpc) is 2.69. The predicted octanol–water partition coefficient (Wildman–Crippen LogP) is 2.75. The number of anilines is 1. The highest BCUT2D eigenvalue weighted by molar-refractivity contribution is 6.03. The smallest absolute Gasteiger partial charge is 0.275 e. The maximum Gasteiger partial charge on any atom is 0.275 e. The largest absolute Gasteiger partial charge is 0.383 e. The van der Waals surface area contributed by atoms with E-state index in [-0.39, 0.29) is 5.69 Å². The predicted molar refractivity (Wildman–Crippen MR) is 107 cm³/mol. The number of rotatable bonds is 3. The van der Waals surface area contributed by atoms with Gasteiger partial charge in [-0.1, -0.05) is 0 Å². The molecule has 0 saturated carbocycles. The summed E-state index contributed by atoms with van der Waals surface area (Å²) < 4.78 is 14.7. The second kappa shape index (κ2) is 7.05. The molecule has 0 fully saturated rings. The van der Waals surface area contributed by atoms with Crippen LogP contribution in [0.4, 0.5) is 10.1 Å². The highest BCUT2D eigenvalue weighted by Crippen LogP contribution is 2.37. The number of fused-ring (bicyclic) bond motifs is 1. The zero-order chi connectivity index (χ0) is 20.6. The van der Waals surface area contributed by atoms with Crippen LogP contribution < -0.4 is 11.1 Å². The molecule has 0 radical (unpaired) electrons. The van der Waals surface area contributed by atoms with Crippen LogP contribution in [-0.4, -0.2) is 26.7 Å². The molecule has 1 aromatic carbocycles. The minimum Gasteiger partial charge on any atom is -0.383 e. The summed E-state index contributed by atoms with van der Waals surface area (Å²) in [5.74, 6) is -0.522. The third-order valence-corrected chi connectivity index (χ3v) is 4.90. The fraction of sp³-hybridized carbons (Fsp3) is 0.190. The molecule has 1 aliphatic heterocycles. The molecule has 1 aliphatic rings. The van der Waals surface area contributed by atoms with Gasteiger partial charge in [-0.15, -0.1) is 0 Å². The van der Waals surface area contributed by atoms with Crippen molar-refractivity contribution in [1.29, 1.82) is 0 Å². The number of halogens is 1. The number of hydrogen-bond acceptors (Lipinski definition) is 6. The molecule has 0 aliphatic carbocycles. The van der Waals surface area contributed by atoms with Gasteiger partial charge >= 0.3 is 0 Å². The Morgan fingerprint density at radius 2 is 2.03 bits per heavy atom. The van der Waals surface area contributed by atoms with Crippen molar-refractivity contribution in [2.45, 2.75) is 25.8 Å². The Bertz CT molecular complexity index is 1130. The molecule has 0 spiro atoms. The number of benzene rings is 1. The highest BCUT2D eigenvalue weighted by Gasteiger charge is 2.34. The second-order valence-corrected chi connectivity index (χ2v) is 7.17. The van der Waals surface area contributed by atoms with Gasteiger partial charge in [0.2, 0.25) is 0 Å². The molecule has 2 aromatic heterocycles. The van der Waals surface area contributed by atoms with E-state index in [1.807, 2.05) is 6.92 Å². The molecule has 4 rings (SSSR count). The van der Waals surface area contributed by atoms with Crippen molar-refractivity contribution in [2.24, 2.45) is 10.7 Å². The van der Waals surface area contributed by atoms with Crippen LogP contribution in [0.3, 0.4) is 0 Å². The van der Waals surface area contributed by atoms with Gasteiger partial charge in [-0.2, -0.15) is 0 Å². The molecule has 3 N–H and O–H groups in total. The Morgan fingerprint density at radius 3 is 2.79 bits per heavy atom. The van der Waals surface area contributed by atoms with Crippen molar-refractivity contribution in [3.8, 4) is 0 Å². The summed E-state index contributed by atoms with van der Waals surface area (Å²) in [5.41, 5.74) is 8.56. The van der Waals surface area contributed by atoms with E-state index in [2.05, 4.69) is 25.3 Å². The summed E-state index contributed by atoms with van der Waals surface area (Å²) >= 11 is 0. The molecule has 29 heavy (non-hydrogen) atoms. The fourth-order valence-corrected chi connectivity index (χ4v) is 3.43. The quantitative estimate of drug-likeness (QED) is 0.715. The number of aryl methyl sites for hydroxylation is 1. The van der Waals surface area contributed by atoms with E-state index in [0.29, 0.717) is 29.2 Å². The second-order valence-electron chi connectivity index (χ2n) is 7.17. The van der Waals surface area contributed by atoms with Gasteiger partial charge < -0.3 is 11.1 Å². The average molecular weight is 390 g/mol. The van der Waals surface area contributed by atoms with Crippen LogP contribution in [-0.2, 0) is 12.0 Å². The van der Waals surface area contributed by atoms with Crippen LogP contribution in [0.1, 0.15) is 39.8 Å². The van der Waals surface area contributed by atoms with Gasteiger partial charge in [-0.05, 0) is 43.7 Å². The molecule has 3 aromatic rings. The molecule has 3 heterocycles. The van der Waals surface area contributed by atoms with Gasteiger partial charge in [-0.25, -0.2) is 9.37 Å². The van der Waals surface area contributed by atoms with Crippen molar-refractivity contribution in [1.82, 2.24) is 15.0 Å². The molecule has 1 unspecified atom stereocenters. The van der Waals surface area contributed by atoms with Crippen LogP contribution in [0.2, 0.25) is 0 Å². The first-order chi connectivity index (χ1) is 13.9. The SMILES string of the molecule is Cc1cnc(C(=O)Nc2ccc(F)c(C3(C)Cc4cnccc4C(N)=N3)c2)cn1. The monoisotopic (exact) mass is 390 g/mol. The van der Waals surface area contributed by atoms with E-state index in [1.165, 1.54) is 24.5 Å². The van der Waals surface area contributed by atoms with Crippen LogP contribution in [0.15, 0.2) is 54.0 Å². The number of nitrogens with two attached hydrogens (primary N) is 1. The van der Waals surface area contributed by atoms with Crippen molar-refractivity contribution in [2.75, 3.05) is 5.32 Å². The number of hydrogen-bond donors (Lipinski definition) is 2. The van der Waals surface area contributed by atoms with Crippen LogP contribution in [0, 0.1) is 12.7 Å². The topological polar surface area (TPSA) is 106 Å². The number of amidine groups is 1. The van der Waals surface area contributed by atoms with E-state index >= 15 is 0 Å². The highest BCUT2D eigenvalue weighted by atomic mass is 19.1.